The summed E-state index contributed by atoms with van der Waals surface area (Å²) in [6.45, 7) is 2.26. The SMILES string of the molecule is CCCNC(=O)CO/N=C\C(=O)Nc1cc(Cl)ccc1OC. The molecule has 0 aromatic heterocycles. The fraction of sp³-hybridized carbons (Fsp3) is 0.357. The van der Waals surface area contributed by atoms with Crippen molar-refractivity contribution in [2.75, 3.05) is 25.6 Å². The van der Waals surface area contributed by atoms with Crippen LogP contribution in [-0.4, -0.2) is 38.3 Å². The Balaban J connectivity index is 2.44. The number of hydrogen-bond donors (Lipinski definition) is 2. The molecule has 0 spiro atoms. The van der Waals surface area contributed by atoms with Gasteiger partial charge >= 0.3 is 0 Å². The smallest absolute Gasteiger partial charge is 0.270 e. The highest BCUT2D eigenvalue weighted by Crippen LogP contribution is 2.27. The van der Waals surface area contributed by atoms with Gasteiger partial charge < -0.3 is 20.2 Å². The van der Waals surface area contributed by atoms with E-state index in [2.05, 4.69) is 15.8 Å². The van der Waals surface area contributed by atoms with Gasteiger partial charge in [0.2, 0.25) is 0 Å². The summed E-state index contributed by atoms with van der Waals surface area (Å²) in [6.07, 6.45) is 1.76. The molecule has 22 heavy (non-hydrogen) atoms. The van der Waals surface area contributed by atoms with Gasteiger partial charge in [0.25, 0.3) is 11.8 Å². The zero-order valence-electron chi connectivity index (χ0n) is 12.4. The number of oxime groups is 1. The van der Waals surface area contributed by atoms with E-state index < -0.39 is 5.91 Å². The number of nitrogens with one attached hydrogen (secondary N) is 2. The van der Waals surface area contributed by atoms with E-state index in [1.807, 2.05) is 6.92 Å². The molecule has 7 nitrogen and oxygen atoms in total. The van der Waals surface area contributed by atoms with Crippen LogP contribution in [0.5, 0.6) is 5.75 Å². The van der Waals surface area contributed by atoms with Crippen molar-refractivity contribution in [2.24, 2.45) is 5.16 Å². The molecular formula is C14H18ClN3O4. The summed E-state index contributed by atoms with van der Waals surface area (Å²) in [4.78, 5) is 27.6. The Hall–Kier alpha value is -2.28. The van der Waals surface area contributed by atoms with E-state index in [9.17, 15) is 9.59 Å². The molecule has 0 unspecified atom stereocenters. The van der Waals surface area contributed by atoms with Crippen LogP contribution in [0.2, 0.25) is 5.02 Å². The molecule has 1 aromatic carbocycles. The molecule has 120 valence electrons. The van der Waals surface area contributed by atoms with Gasteiger partial charge in [-0.05, 0) is 24.6 Å². The minimum atomic E-state index is -0.533. The van der Waals surface area contributed by atoms with Gasteiger partial charge in [-0.3, -0.25) is 9.59 Å². The maximum atomic E-state index is 11.7. The molecule has 0 aliphatic heterocycles. The predicted molar refractivity (Wildman–Crippen MR) is 84.4 cm³/mol. The Morgan fingerprint density at radius 3 is 2.86 bits per heavy atom. The fourth-order valence-corrected chi connectivity index (χ4v) is 1.61. The number of rotatable bonds is 8. The van der Waals surface area contributed by atoms with Crippen LogP contribution in [0.4, 0.5) is 5.69 Å². The number of amides is 2. The van der Waals surface area contributed by atoms with Crippen molar-refractivity contribution in [2.45, 2.75) is 13.3 Å². The molecule has 0 radical (unpaired) electrons. The Bertz CT molecular complexity index is 549. The van der Waals surface area contributed by atoms with Gasteiger partial charge in [0.05, 0.1) is 12.8 Å². The standard InChI is InChI=1S/C14H18ClN3O4/c1-3-6-16-14(20)9-22-17-8-13(19)18-11-7-10(15)4-5-12(11)21-2/h4-5,7-8H,3,6,9H2,1-2H3,(H,16,20)(H,18,19)/b17-8-. The lowest BCUT2D eigenvalue weighted by atomic mass is 10.3. The Morgan fingerprint density at radius 1 is 1.41 bits per heavy atom. The third-order valence-corrected chi connectivity index (χ3v) is 2.67. The zero-order valence-corrected chi connectivity index (χ0v) is 13.1. The average molecular weight is 328 g/mol. The first-order chi connectivity index (χ1) is 10.6. The van der Waals surface area contributed by atoms with E-state index in [0.29, 0.717) is 23.0 Å². The van der Waals surface area contributed by atoms with Crippen LogP contribution in [0.25, 0.3) is 0 Å². The summed E-state index contributed by atoms with van der Waals surface area (Å²) in [6, 6.07) is 4.82. The number of halogens is 1. The third-order valence-electron chi connectivity index (χ3n) is 2.43. The molecular weight excluding hydrogens is 310 g/mol. The molecule has 0 heterocycles. The highest BCUT2D eigenvalue weighted by Gasteiger charge is 2.07. The molecule has 2 amide bonds. The van der Waals surface area contributed by atoms with Crippen molar-refractivity contribution < 1.29 is 19.2 Å². The molecule has 0 atom stereocenters. The first kappa shape index (κ1) is 17.8. The van der Waals surface area contributed by atoms with Gasteiger partial charge in [0.1, 0.15) is 12.0 Å². The van der Waals surface area contributed by atoms with Gasteiger partial charge in [-0.1, -0.05) is 23.7 Å². The normalized spacial score (nSPS) is 10.3. The number of nitrogens with zero attached hydrogens (tertiary/aromatic N) is 1. The Kier molecular flexibility index (Phi) is 7.77. The fourth-order valence-electron chi connectivity index (χ4n) is 1.44. The quantitative estimate of drug-likeness (QED) is 0.563. The second-order valence-corrected chi connectivity index (χ2v) is 4.63. The van der Waals surface area contributed by atoms with Crippen LogP contribution in [-0.2, 0) is 14.4 Å². The summed E-state index contributed by atoms with van der Waals surface area (Å²) < 4.78 is 5.09. The second kappa shape index (κ2) is 9.62. The highest BCUT2D eigenvalue weighted by atomic mass is 35.5. The van der Waals surface area contributed by atoms with Crippen molar-refractivity contribution in [1.29, 1.82) is 0 Å². The van der Waals surface area contributed by atoms with Gasteiger partial charge in [0, 0.05) is 11.6 Å². The van der Waals surface area contributed by atoms with Crippen molar-refractivity contribution in [3.63, 3.8) is 0 Å². The van der Waals surface area contributed by atoms with Gasteiger partial charge in [-0.25, -0.2) is 0 Å². The molecule has 1 rings (SSSR count). The molecule has 0 fully saturated rings. The molecule has 1 aromatic rings. The molecule has 0 saturated heterocycles. The van der Waals surface area contributed by atoms with Crippen molar-refractivity contribution in [1.82, 2.24) is 5.32 Å². The van der Waals surface area contributed by atoms with Crippen molar-refractivity contribution >= 4 is 35.3 Å². The predicted octanol–water partition coefficient (Wildman–Crippen LogP) is 1.82. The molecule has 0 bridgehead atoms. The van der Waals surface area contributed by atoms with Crippen LogP contribution >= 0.6 is 11.6 Å². The molecule has 0 aliphatic rings. The van der Waals surface area contributed by atoms with Crippen LogP contribution in [0.1, 0.15) is 13.3 Å². The van der Waals surface area contributed by atoms with Crippen molar-refractivity contribution in [3.05, 3.63) is 23.2 Å². The number of anilines is 1. The maximum absolute atomic E-state index is 11.7. The van der Waals surface area contributed by atoms with Crippen LogP contribution in [0.3, 0.4) is 0 Å². The monoisotopic (exact) mass is 327 g/mol. The summed E-state index contributed by atoms with van der Waals surface area (Å²) >= 11 is 5.85. The van der Waals surface area contributed by atoms with Crippen molar-refractivity contribution in [3.8, 4) is 5.75 Å². The minimum absolute atomic E-state index is 0.246. The summed E-state index contributed by atoms with van der Waals surface area (Å²) in [5, 5.41) is 9.04. The number of carbonyl (C=O) groups is 2. The number of methoxy groups -OCH3 is 1. The summed E-state index contributed by atoms with van der Waals surface area (Å²) in [5.74, 6) is -0.364. The van der Waals surface area contributed by atoms with Crippen LogP contribution < -0.4 is 15.4 Å². The van der Waals surface area contributed by atoms with E-state index in [0.717, 1.165) is 12.6 Å². The second-order valence-electron chi connectivity index (χ2n) is 4.19. The van der Waals surface area contributed by atoms with Crippen LogP contribution in [0, 0.1) is 0 Å². The molecule has 0 saturated carbocycles. The summed E-state index contributed by atoms with van der Waals surface area (Å²) in [5.41, 5.74) is 0.409. The summed E-state index contributed by atoms with van der Waals surface area (Å²) in [7, 11) is 1.48. The Morgan fingerprint density at radius 2 is 2.18 bits per heavy atom. The van der Waals surface area contributed by atoms with E-state index in [-0.39, 0.29) is 12.5 Å². The minimum Gasteiger partial charge on any atom is -0.495 e. The number of carbonyl (C=O) groups excluding carboxylic acids is 2. The zero-order chi connectivity index (χ0) is 16.4. The first-order valence-corrected chi connectivity index (χ1v) is 7.01. The number of hydrogen-bond acceptors (Lipinski definition) is 5. The molecule has 0 aliphatic carbocycles. The molecule has 8 heteroatoms. The highest BCUT2D eigenvalue weighted by molar-refractivity contribution is 6.33. The average Bonchev–Trinajstić information content (AvgIpc) is 2.49. The maximum Gasteiger partial charge on any atom is 0.270 e. The number of benzene rings is 1. The molecule has 2 N–H and O–H groups in total. The topological polar surface area (TPSA) is 89.0 Å². The van der Waals surface area contributed by atoms with E-state index >= 15 is 0 Å². The van der Waals surface area contributed by atoms with Gasteiger partial charge in [-0.2, -0.15) is 0 Å². The third kappa shape index (κ3) is 6.45. The van der Waals surface area contributed by atoms with Gasteiger partial charge in [-0.15, -0.1) is 0 Å². The van der Waals surface area contributed by atoms with E-state index in [4.69, 9.17) is 21.2 Å². The van der Waals surface area contributed by atoms with E-state index in [1.54, 1.807) is 18.2 Å². The lowest BCUT2D eigenvalue weighted by Crippen LogP contribution is -2.27. The van der Waals surface area contributed by atoms with Crippen LogP contribution in [0.15, 0.2) is 23.4 Å². The first-order valence-electron chi connectivity index (χ1n) is 6.63. The van der Waals surface area contributed by atoms with E-state index in [1.165, 1.54) is 7.11 Å². The number of ether oxygens (including phenoxy) is 1. The lowest BCUT2D eigenvalue weighted by Gasteiger charge is -2.08. The Labute approximate surface area is 133 Å². The largest absolute Gasteiger partial charge is 0.495 e. The lowest BCUT2D eigenvalue weighted by molar-refractivity contribution is -0.125. The van der Waals surface area contributed by atoms with Gasteiger partial charge in [0.15, 0.2) is 6.61 Å².